The second-order valence-corrected chi connectivity index (χ2v) is 10.1. The molecule has 11 heteroatoms. The van der Waals surface area contributed by atoms with E-state index in [1.54, 1.807) is 13.1 Å². The summed E-state index contributed by atoms with van der Waals surface area (Å²) in [6.45, 7) is 5.67. The zero-order valence-electron chi connectivity index (χ0n) is 19.7. The number of anilines is 3. The maximum absolute atomic E-state index is 14.6. The van der Waals surface area contributed by atoms with Crippen molar-refractivity contribution in [2.75, 3.05) is 17.7 Å². The summed E-state index contributed by atoms with van der Waals surface area (Å²) in [7, 11) is 1.78. The molecule has 1 aliphatic carbocycles. The third kappa shape index (κ3) is 5.79. The van der Waals surface area contributed by atoms with E-state index in [2.05, 4.69) is 25.9 Å². The first-order valence-electron chi connectivity index (χ1n) is 11.1. The topological polar surface area (TPSA) is 97.4 Å². The Hall–Kier alpha value is -3.04. The standard InChI is InChI=1S/C24H26Cl2FN5O3/c1-24(2,3)32-23(33)35-13-7-12(8-13)34-19-9-14-17(10-18(19)28-4)29-11-30-22(14)31-16-6-5-15(25)20(26)21(16)27/h5-6,9-13,28H,7-8H2,1-4H3,(H,32,33)(H,29,30,31). The van der Waals surface area contributed by atoms with E-state index in [4.69, 9.17) is 32.7 Å². The van der Waals surface area contributed by atoms with Crippen molar-refractivity contribution in [3.63, 3.8) is 0 Å². The lowest BCUT2D eigenvalue weighted by Crippen LogP contribution is -2.46. The number of alkyl carbamates (subject to hydrolysis) is 1. The van der Waals surface area contributed by atoms with Crippen LogP contribution in [0.4, 0.5) is 26.4 Å². The van der Waals surface area contributed by atoms with Crippen LogP contribution in [-0.2, 0) is 4.74 Å². The normalized spacial score (nSPS) is 17.5. The highest BCUT2D eigenvalue weighted by atomic mass is 35.5. The molecular formula is C24H26Cl2FN5O3. The molecule has 1 saturated carbocycles. The summed E-state index contributed by atoms with van der Waals surface area (Å²) < 4.78 is 26.2. The number of amides is 1. The van der Waals surface area contributed by atoms with E-state index in [0.717, 1.165) is 5.69 Å². The summed E-state index contributed by atoms with van der Waals surface area (Å²) in [5.74, 6) is 0.286. The monoisotopic (exact) mass is 521 g/mol. The van der Waals surface area contributed by atoms with Crippen LogP contribution in [0.5, 0.6) is 5.75 Å². The molecule has 1 amide bonds. The van der Waals surface area contributed by atoms with Crippen LogP contribution >= 0.6 is 23.2 Å². The van der Waals surface area contributed by atoms with Crippen molar-refractivity contribution in [2.45, 2.75) is 51.4 Å². The van der Waals surface area contributed by atoms with Gasteiger partial charge in [0.2, 0.25) is 0 Å². The van der Waals surface area contributed by atoms with Gasteiger partial charge in [0.15, 0.2) is 5.82 Å². The zero-order chi connectivity index (χ0) is 25.3. The Morgan fingerprint density at radius 1 is 1.11 bits per heavy atom. The van der Waals surface area contributed by atoms with E-state index in [-0.39, 0.29) is 33.5 Å². The van der Waals surface area contributed by atoms with Gasteiger partial charge in [-0.15, -0.1) is 0 Å². The average molecular weight is 522 g/mol. The highest BCUT2D eigenvalue weighted by Gasteiger charge is 2.35. The van der Waals surface area contributed by atoms with Gasteiger partial charge in [0.25, 0.3) is 0 Å². The number of benzene rings is 2. The summed E-state index contributed by atoms with van der Waals surface area (Å²) in [5.41, 5.74) is 1.13. The van der Waals surface area contributed by atoms with Gasteiger partial charge in [0.1, 0.15) is 30.1 Å². The molecule has 4 rings (SSSR count). The Balaban J connectivity index is 1.51. The van der Waals surface area contributed by atoms with E-state index >= 15 is 0 Å². The number of fused-ring (bicyclic) bond motifs is 1. The predicted molar refractivity (Wildman–Crippen MR) is 136 cm³/mol. The first-order chi connectivity index (χ1) is 16.5. The summed E-state index contributed by atoms with van der Waals surface area (Å²) in [6.07, 6.45) is 1.76. The van der Waals surface area contributed by atoms with Gasteiger partial charge in [-0.25, -0.2) is 19.2 Å². The van der Waals surface area contributed by atoms with Crippen molar-refractivity contribution < 1.29 is 18.7 Å². The average Bonchev–Trinajstić information content (AvgIpc) is 2.76. The second-order valence-electron chi connectivity index (χ2n) is 9.30. The van der Waals surface area contributed by atoms with Crippen LogP contribution in [0.25, 0.3) is 10.9 Å². The van der Waals surface area contributed by atoms with E-state index in [1.807, 2.05) is 26.8 Å². The van der Waals surface area contributed by atoms with Crippen molar-refractivity contribution in [3.8, 4) is 5.75 Å². The number of carbonyl (C=O) groups is 1. The molecule has 0 bridgehead atoms. The summed E-state index contributed by atoms with van der Waals surface area (Å²) in [5, 5.41) is 9.44. The molecule has 35 heavy (non-hydrogen) atoms. The summed E-state index contributed by atoms with van der Waals surface area (Å²) in [6, 6.07) is 6.61. The van der Waals surface area contributed by atoms with Crippen LogP contribution in [0.15, 0.2) is 30.6 Å². The fraction of sp³-hybridized carbons (Fsp3) is 0.375. The van der Waals surface area contributed by atoms with Crippen LogP contribution < -0.4 is 20.7 Å². The quantitative estimate of drug-likeness (QED) is 0.327. The van der Waals surface area contributed by atoms with E-state index in [1.165, 1.54) is 18.5 Å². The lowest BCUT2D eigenvalue weighted by atomic mass is 9.92. The van der Waals surface area contributed by atoms with Gasteiger partial charge >= 0.3 is 6.09 Å². The number of aromatic nitrogens is 2. The third-order valence-corrected chi connectivity index (χ3v) is 6.17. The molecule has 0 spiro atoms. The lowest BCUT2D eigenvalue weighted by molar-refractivity contribution is -0.0240. The molecule has 0 unspecified atom stereocenters. The minimum absolute atomic E-state index is 0.121. The predicted octanol–water partition coefficient (Wildman–Crippen LogP) is 6.30. The Bertz CT molecular complexity index is 1260. The summed E-state index contributed by atoms with van der Waals surface area (Å²) >= 11 is 11.8. The Kier molecular flexibility index (Phi) is 7.10. The molecule has 8 nitrogen and oxygen atoms in total. The van der Waals surface area contributed by atoms with E-state index < -0.39 is 11.9 Å². The first kappa shape index (κ1) is 25.1. The molecule has 3 aromatic rings. The number of rotatable bonds is 6. The maximum Gasteiger partial charge on any atom is 0.407 e. The largest absolute Gasteiger partial charge is 0.488 e. The smallest absolute Gasteiger partial charge is 0.407 e. The van der Waals surface area contributed by atoms with Crippen LogP contribution in [0.2, 0.25) is 10.0 Å². The van der Waals surface area contributed by atoms with Gasteiger partial charge in [0, 0.05) is 30.8 Å². The molecule has 186 valence electrons. The van der Waals surface area contributed by atoms with Crippen molar-refractivity contribution in [2.24, 2.45) is 0 Å². The van der Waals surface area contributed by atoms with Crippen LogP contribution in [0.1, 0.15) is 33.6 Å². The molecular weight excluding hydrogens is 496 g/mol. The Morgan fingerprint density at radius 3 is 2.54 bits per heavy atom. The number of halogens is 3. The molecule has 1 aromatic heterocycles. The minimum atomic E-state index is -0.676. The van der Waals surface area contributed by atoms with Gasteiger partial charge in [-0.2, -0.15) is 0 Å². The van der Waals surface area contributed by atoms with Crippen LogP contribution in [0.3, 0.4) is 0 Å². The molecule has 1 fully saturated rings. The molecule has 0 radical (unpaired) electrons. The molecule has 0 aliphatic heterocycles. The van der Waals surface area contributed by atoms with Gasteiger partial charge in [-0.3, -0.25) is 0 Å². The first-order valence-corrected chi connectivity index (χ1v) is 11.8. The number of hydrogen-bond acceptors (Lipinski definition) is 7. The maximum atomic E-state index is 14.6. The lowest BCUT2D eigenvalue weighted by Gasteiger charge is -2.35. The molecule has 3 N–H and O–H groups in total. The van der Waals surface area contributed by atoms with Gasteiger partial charge < -0.3 is 25.4 Å². The van der Waals surface area contributed by atoms with Crippen LogP contribution in [-0.4, -0.2) is 40.9 Å². The molecule has 1 heterocycles. The minimum Gasteiger partial charge on any atom is -0.488 e. The van der Waals surface area contributed by atoms with E-state index in [9.17, 15) is 9.18 Å². The molecule has 0 atom stereocenters. The van der Waals surface area contributed by atoms with Crippen molar-refractivity contribution >= 4 is 57.4 Å². The fourth-order valence-corrected chi connectivity index (χ4v) is 3.91. The van der Waals surface area contributed by atoms with Crippen molar-refractivity contribution in [1.29, 1.82) is 0 Å². The number of hydrogen-bond donors (Lipinski definition) is 3. The van der Waals surface area contributed by atoms with Crippen molar-refractivity contribution in [1.82, 2.24) is 15.3 Å². The summed E-state index contributed by atoms with van der Waals surface area (Å²) in [4.78, 5) is 20.6. The number of ether oxygens (including phenoxy) is 2. The number of nitrogens with one attached hydrogen (secondary N) is 3. The Labute approximate surface area is 212 Å². The van der Waals surface area contributed by atoms with Gasteiger partial charge in [0.05, 0.1) is 26.9 Å². The number of carbonyl (C=O) groups excluding carboxylic acids is 1. The number of nitrogens with zero attached hydrogens (tertiary/aromatic N) is 2. The van der Waals surface area contributed by atoms with Crippen molar-refractivity contribution in [3.05, 3.63) is 46.5 Å². The van der Waals surface area contributed by atoms with Gasteiger partial charge in [-0.1, -0.05) is 23.2 Å². The fourth-order valence-electron chi connectivity index (χ4n) is 3.60. The molecule has 0 saturated heterocycles. The molecule has 2 aromatic carbocycles. The van der Waals surface area contributed by atoms with Crippen LogP contribution in [0, 0.1) is 5.82 Å². The highest BCUT2D eigenvalue weighted by Crippen LogP contribution is 2.38. The molecule has 1 aliphatic rings. The van der Waals surface area contributed by atoms with Gasteiger partial charge in [-0.05, 0) is 45.0 Å². The second kappa shape index (κ2) is 9.91. The van der Waals surface area contributed by atoms with E-state index in [0.29, 0.717) is 35.3 Å². The zero-order valence-corrected chi connectivity index (χ0v) is 21.2. The SMILES string of the molecule is CNc1cc2ncnc(Nc3ccc(Cl)c(Cl)c3F)c2cc1OC1CC(OC(=O)NC(C)(C)C)C1. The highest BCUT2D eigenvalue weighted by molar-refractivity contribution is 6.42. The Morgan fingerprint density at radius 2 is 1.86 bits per heavy atom. The third-order valence-electron chi connectivity index (χ3n) is 5.39.